The molecule has 0 saturated heterocycles. The van der Waals surface area contributed by atoms with Gasteiger partial charge < -0.3 is 14.7 Å². The Morgan fingerprint density at radius 1 is 1.18 bits per heavy atom. The van der Waals surface area contributed by atoms with E-state index in [2.05, 4.69) is 0 Å². The Bertz CT molecular complexity index is 613. The highest BCUT2D eigenvalue weighted by molar-refractivity contribution is 5.94. The lowest BCUT2D eigenvalue weighted by Crippen LogP contribution is -2.31. The molecule has 0 saturated carbocycles. The summed E-state index contributed by atoms with van der Waals surface area (Å²) in [5, 5.41) is 9.32. The van der Waals surface area contributed by atoms with Crippen molar-refractivity contribution >= 4 is 5.91 Å². The summed E-state index contributed by atoms with van der Waals surface area (Å²) in [6.07, 6.45) is 0.496. The summed E-state index contributed by atoms with van der Waals surface area (Å²) in [7, 11) is 3.33. The van der Waals surface area contributed by atoms with Gasteiger partial charge in [0.25, 0.3) is 5.91 Å². The monoisotopic (exact) mass is 299 g/mol. The number of carbonyl (C=O) groups is 1. The maximum absolute atomic E-state index is 12.7. The van der Waals surface area contributed by atoms with Crippen molar-refractivity contribution in [2.75, 3.05) is 20.8 Å². The number of aliphatic hydroxyl groups excluding tert-OH is 1. The minimum Gasteiger partial charge on any atom is -0.497 e. The van der Waals surface area contributed by atoms with Gasteiger partial charge >= 0.3 is 0 Å². The van der Waals surface area contributed by atoms with Crippen LogP contribution in [0.15, 0.2) is 54.6 Å². The fourth-order valence-corrected chi connectivity index (χ4v) is 2.48. The highest BCUT2D eigenvalue weighted by Crippen LogP contribution is 2.25. The summed E-state index contributed by atoms with van der Waals surface area (Å²) >= 11 is 0. The number of hydrogen-bond donors (Lipinski definition) is 1. The third-order valence-corrected chi connectivity index (χ3v) is 3.69. The number of methoxy groups -OCH3 is 1. The van der Waals surface area contributed by atoms with Gasteiger partial charge in [0.2, 0.25) is 0 Å². The van der Waals surface area contributed by atoms with Gasteiger partial charge in [-0.15, -0.1) is 0 Å². The first-order chi connectivity index (χ1) is 10.7. The summed E-state index contributed by atoms with van der Waals surface area (Å²) < 4.78 is 5.17. The van der Waals surface area contributed by atoms with Crippen molar-refractivity contribution in [3.8, 4) is 5.75 Å². The Kier molecular flexibility index (Phi) is 5.55. The van der Waals surface area contributed by atoms with Crippen LogP contribution in [0.2, 0.25) is 0 Å². The van der Waals surface area contributed by atoms with Crippen LogP contribution in [0, 0.1) is 0 Å². The van der Waals surface area contributed by atoms with Crippen LogP contribution in [0.25, 0.3) is 0 Å². The minimum absolute atomic E-state index is 0.0231. The lowest BCUT2D eigenvalue weighted by atomic mass is 10.0. The molecule has 1 unspecified atom stereocenters. The van der Waals surface area contributed by atoms with Crippen molar-refractivity contribution in [2.24, 2.45) is 0 Å². The van der Waals surface area contributed by atoms with Crippen LogP contribution >= 0.6 is 0 Å². The molecule has 0 bridgehead atoms. The average molecular weight is 299 g/mol. The van der Waals surface area contributed by atoms with Gasteiger partial charge in [-0.25, -0.2) is 0 Å². The van der Waals surface area contributed by atoms with E-state index in [0.717, 1.165) is 5.56 Å². The fourth-order valence-electron chi connectivity index (χ4n) is 2.48. The molecule has 0 aliphatic carbocycles. The fraction of sp³-hybridized carbons (Fsp3) is 0.278. The van der Waals surface area contributed by atoms with Crippen molar-refractivity contribution in [2.45, 2.75) is 12.5 Å². The van der Waals surface area contributed by atoms with Crippen molar-refractivity contribution in [1.29, 1.82) is 0 Å². The number of aliphatic hydroxyl groups is 1. The van der Waals surface area contributed by atoms with E-state index in [9.17, 15) is 9.90 Å². The zero-order valence-electron chi connectivity index (χ0n) is 12.9. The zero-order valence-corrected chi connectivity index (χ0v) is 12.9. The zero-order chi connectivity index (χ0) is 15.9. The lowest BCUT2D eigenvalue weighted by molar-refractivity contribution is 0.0705. The van der Waals surface area contributed by atoms with Gasteiger partial charge in [-0.05, 0) is 30.2 Å². The van der Waals surface area contributed by atoms with Gasteiger partial charge in [-0.1, -0.05) is 36.4 Å². The second-order valence-electron chi connectivity index (χ2n) is 5.09. The summed E-state index contributed by atoms with van der Waals surface area (Å²) in [6, 6.07) is 16.7. The number of amides is 1. The van der Waals surface area contributed by atoms with Gasteiger partial charge in [0.15, 0.2) is 0 Å². The van der Waals surface area contributed by atoms with E-state index in [1.807, 2.05) is 30.3 Å². The van der Waals surface area contributed by atoms with E-state index in [1.165, 1.54) is 0 Å². The molecule has 0 aliphatic heterocycles. The number of benzene rings is 2. The van der Waals surface area contributed by atoms with Crippen LogP contribution in [0.1, 0.15) is 28.4 Å². The van der Waals surface area contributed by atoms with Gasteiger partial charge in [0.05, 0.1) is 13.2 Å². The minimum atomic E-state index is -0.162. The normalized spacial score (nSPS) is 11.8. The van der Waals surface area contributed by atoms with Crippen molar-refractivity contribution in [1.82, 2.24) is 4.90 Å². The van der Waals surface area contributed by atoms with E-state index in [1.54, 1.807) is 43.3 Å². The van der Waals surface area contributed by atoms with E-state index in [0.29, 0.717) is 17.7 Å². The summed E-state index contributed by atoms with van der Waals surface area (Å²) in [5.74, 6) is 0.555. The molecular formula is C18H21NO3. The molecule has 0 heterocycles. The Morgan fingerprint density at radius 3 is 2.55 bits per heavy atom. The highest BCUT2D eigenvalue weighted by Gasteiger charge is 2.22. The molecule has 0 radical (unpaired) electrons. The molecule has 22 heavy (non-hydrogen) atoms. The molecule has 4 heteroatoms. The molecular weight excluding hydrogens is 278 g/mol. The summed E-state index contributed by atoms with van der Waals surface area (Å²) in [5.41, 5.74) is 1.58. The number of nitrogens with zero attached hydrogens (tertiary/aromatic N) is 1. The predicted molar refractivity (Wildman–Crippen MR) is 86.0 cm³/mol. The first-order valence-electron chi connectivity index (χ1n) is 7.24. The molecule has 2 aromatic rings. The van der Waals surface area contributed by atoms with Gasteiger partial charge in [-0.2, -0.15) is 0 Å². The number of hydrogen-bond acceptors (Lipinski definition) is 3. The molecule has 2 rings (SSSR count). The molecule has 1 atom stereocenters. The third-order valence-electron chi connectivity index (χ3n) is 3.69. The largest absolute Gasteiger partial charge is 0.497 e. The second kappa shape index (κ2) is 7.61. The summed E-state index contributed by atoms with van der Waals surface area (Å²) in [6.45, 7) is 0.0231. The van der Waals surface area contributed by atoms with Crippen molar-refractivity contribution in [3.63, 3.8) is 0 Å². The standard InChI is InChI=1S/C18H21NO3/c1-19(17(11-12-20)14-7-4-3-5-8-14)18(21)15-9-6-10-16(13-15)22-2/h3-10,13,17,20H,11-12H2,1-2H3. The Balaban J connectivity index is 2.26. The van der Waals surface area contributed by atoms with Gasteiger partial charge in [0, 0.05) is 19.2 Å². The third kappa shape index (κ3) is 3.65. The lowest BCUT2D eigenvalue weighted by Gasteiger charge is -2.28. The first-order valence-corrected chi connectivity index (χ1v) is 7.24. The van der Waals surface area contributed by atoms with Gasteiger partial charge in [-0.3, -0.25) is 4.79 Å². The number of ether oxygens (including phenoxy) is 1. The van der Waals surface area contributed by atoms with E-state index in [-0.39, 0.29) is 18.6 Å². The molecule has 2 aromatic carbocycles. The smallest absolute Gasteiger partial charge is 0.254 e. The molecule has 4 nitrogen and oxygen atoms in total. The predicted octanol–water partition coefficient (Wildman–Crippen LogP) is 2.89. The van der Waals surface area contributed by atoms with E-state index < -0.39 is 0 Å². The average Bonchev–Trinajstić information content (AvgIpc) is 2.59. The van der Waals surface area contributed by atoms with Crippen molar-refractivity contribution < 1.29 is 14.6 Å². The number of carbonyl (C=O) groups excluding carboxylic acids is 1. The SMILES string of the molecule is COc1cccc(C(=O)N(C)C(CCO)c2ccccc2)c1. The molecule has 0 fully saturated rings. The molecule has 1 N–H and O–H groups in total. The van der Waals surface area contributed by atoms with Crippen molar-refractivity contribution in [3.05, 3.63) is 65.7 Å². The van der Waals surface area contributed by atoms with E-state index in [4.69, 9.17) is 4.74 Å². The van der Waals surface area contributed by atoms with Crippen LogP contribution in [0.4, 0.5) is 0 Å². The molecule has 1 amide bonds. The van der Waals surface area contributed by atoms with Crippen LogP contribution in [0.5, 0.6) is 5.75 Å². The topological polar surface area (TPSA) is 49.8 Å². The highest BCUT2D eigenvalue weighted by atomic mass is 16.5. The Labute approximate surface area is 131 Å². The Hall–Kier alpha value is -2.33. The molecule has 116 valence electrons. The van der Waals surface area contributed by atoms with Crippen LogP contribution in [-0.2, 0) is 0 Å². The number of rotatable bonds is 6. The van der Waals surface area contributed by atoms with E-state index >= 15 is 0 Å². The Morgan fingerprint density at radius 2 is 1.91 bits per heavy atom. The molecule has 0 spiro atoms. The first kappa shape index (κ1) is 16.0. The van der Waals surface area contributed by atoms with Crippen LogP contribution in [0.3, 0.4) is 0 Å². The van der Waals surface area contributed by atoms with Crippen LogP contribution in [-0.4, -0.2) is 36.7 Å². The van der Waals surface area contributed by atoms with Gasteiger partial charge in [0.1, 0.15) is 5.75 Å². The maximum Gasteiger partial charge on any atom is 0.254 e. The molecule has 0 aromatic heterocycles. The second-order valence-corrected chi connectivity index (χ2v) is 5.09. The maximum atomic E-state index is 12.7. The summed E-state index contributed by atoms with van der Waals surface area (Å²) in [4.78, 5) is 14.4. The van der Waals surface area contributed by atoms with Crippen LogP contribution < -0.4 is 4.74 Å². The molecule has 0 aliphatic rings. The quantitative estimate of drug-likeness (QED) is 0.892.